The van der Waals surface area contributed by atoms with E-state index >= 15 is 0 Å². The second kappa shape index (κ2) is 9.94. The number of hydrogen-bond donors (Lipinski definition) is 1. The van der Waals surface area contributed by atoms with Crippen LogP contribution in [-0.4, -0.2) is 29.5 Å². The van der Waals surface area contributed by atoms with Crippen LogP contribution in [0.2, 0.25) is 0 Å². The van der Waals surface area contributed by atoms with Crippen molar-refractivity contribution >= 4 is 12.0 Å². The van der Waals surface area contributed by atoms with E-state index in [1.807, 2.05) is 84.9 Å². The summed E-state index contributed by atoms with van der Waals surface area (Å²) in [5.41, 5.74) is 4.22. The van der Waals surface area contributed by atoms with E-state index in [1.165, 1.54) is 0 Å². The number of fused-ring (bicyclic) bond motifs is 1. The molecule has 0 fully saturated rings. The van der Waals surface area contributed by atoms with Gasteiger partial charge >= 0.3 is 6.09 Å². The van der Waals surface area contributed by atoms with Crippen LogP contribution in [-0.2, 0) is 35.5 Å². The average Bonchev–Trinajstić information content (AvgIpc) is 2.83. The largest absolute Gasteiger partial charge is 0.445 e. The molecule has 0 bridgehead atoms. The maximum absolute atomic E-state index is 13.0. The number of nitrogens with one attached hydrogen (secondary N) is 1. The fourth-order valence-electron chi connectivity index (χ4n) is 3.84. The highest BCUT2D eigenvalue weighted by Gasteiger charge is 2.35. The Hall–Kier alpha value is -3.60. The van der Waals surface area contributed by atoms with Crippen molar-refractivity contribution in [3.63, 3.8) is 0 Å². The highest BCUT2D eigenvalue weighted by molar-refractivity contribution is 5.86. The molecule has 0 spiro atoms. The van der Waals surface area contributed by atoms with E-state index in [9.17, 15) is 9.59 Å². The molecule has 0 aromatic heterocycles. The van der Waals surface area contributed by atoms with E-state index < -0.39 is 12.1 Å². The molecule has 2 amide bonds. The molecule has 0 unspecified atom stereocenters. The SMILES string of the molecule is O=C(NCCc1ccccc1)[C@H]1Cc2ccccc2CN1C(=O)OCc1ccccc1. The van der Waals surface area contributed by atoms with Crippen molar-refractivity contribution in [3.05, 3.63) is 107 Å². The molecule has 31 heavy (non-hydrogen) atoms. The molecule has 0 radical (unpaired) electrons. The zero-order chi connectivity index (χ0) is 21.5. The standard InChI is InChI=1S/C26H26N2O3/c29-25(27-16-15-20-9-3-1-4-10-20)24-17-22-13-7-8-14-23(22)18-28(24)26(30)31-19-21-11-5-2-6-12-21/h1-14,24H,15-19H2,(H,27,29)/t24-/m1/s1. The predicted molar refractivity (Wildman–Crippen MR) is 119 cm³/mol. The Morgan fingerprint density at radius 2 is 1.45 bits per heavy atom. The number of rotatable bonds is 6. The van der Waals surface area contributed by atoms with E-state index in [2.05, 4.69) is 5.32 Å². The van der Waals surface area contributed by atoms with Gasteiger partial charge in [-0.1, -0.05) is 84.9 Å². The second-order valence-corrected chi connectivity index (χ2v) is 7.68. The van der Waals surface area contributed by atoms with Crippen LogP contribution in [0.25, 0.3) is 0 Å². The van der Waals surface area contributed by atoms with E-state index in [0.29, 0.717) is 19.5 Å². The summed E-state index contributed by atoms with van der Waals surface area (Å²) >= 11 is 0. The maximum Gasteiger partial charge on any atom is 0.411 e. The van der Waals surface area contributed by atoms with Crippen LogP contribution in [0.15, 0.2) is 84.9 Å². The summed E-state index contributed by atoms with van der Waals surface area (Å²) in [6.07, 6.45) is 0.754. The van der Waals surface area contributed by atoms with Crippen molar-refractivity contribution < 1.29 is 14.3 Å². The Balaban J connectivity index is 1.43. The molecule has 1 heterocycles. The van der Waals surface area contributed by atoms with Gasteiger partial charge in [0.15, 0.2) is 0 Å². The van der Waals surface area contributed by atoms with Gasteiger partial charge in [-0.05, 0) is 28.7 Å². The Labute approximate surface area is 182 Å². The van der Waals surface area contributed by atoms with Crippen LogP contribution in [0, 0.1) is 0 Å². The van der Waals surface area contributed by atoms with Crippen molar-refractivity contribution in [2.45, 2.75) is 32.0 Å². The first kappa shape index (κ1) is 20.7. The number of ether oxygens (including phenoxy) is 1. The fourth-order valence-corrected chi connectivity index (χ4v) is 3.84. The van der Waals surface area contributed by atoms with Crippen molar-refractivity contribution in [3.8, 4) is 0 Å². The number of amides is 2. The van der Waals surface area contributed by atoms with Crippen LogP contribution in [0.5, 0.6) is 0 Å². The summed E-state index contributed by atoms with van der Waals surface area (Å²) < 4.78 is 5.54. The van der Waals surface area contributed by atoms with Crippen molar-refractivity contribution in [2.24, 2.45) is 0 Å². The molecule has 1 N–H and O–H groups in total. The summed E-state index contributed by atoms with van der Waals surface area (Å²) in [5.74, 6) is -0.151. The van der Waals surface area contributed by atoms with Crippen molar-refractivity contribution in [2.75, 3.05) is 6.54 Å². The van der Waals surface area contributed by atoms with Gasteiger partial charge in [0.2, 0.25) is 5.91 Å². The molecular formula is C26H26N2O3. The molecule has 158 valence electrons. The van der Waals surface area contributed by atoms with Gasteiger partial charge in [-0.25, -0.2) is 4.79 Å². The minimum absolute atomic E-state index is 0.151. The Morgan fingerprint density at radius 1 is 0.839 bits per heavy atom. The lowest BCUT2D eigenvalue weighted by Gasteiger charge is -2.35. The first-order chi connectivity index (χ1) is 15.2. The van der Waals surface area contributed by atoms with Gasteiger partial charge in [0, 0.05) is 13.0 Å². The van der Waals surface area contributed by atoms with Crippen molar-refractivity contribution in [1.82, 2.24) is 10.2 Å². The Bertz CT molecular complexity index is 1020. The highest BCUT2D eigenvalue weighted by Crippen LogP contribution is 2.24. The van der Waals surface area contributed by atoms with E-state index in [-0.39, 0.29) is 12.5 Å². The fraction of sp³-hybridized carbons (Fsp3) is 0.231. The zero-order valence-corrected chi connectivity index (χ0v) is 17.4. The lowest BCUT2D eigenvalue weighted by atomic mass is 9.94. The van der Waals surface area contributed by atoms with E-state index in [0.717, 1.165) is 28.7 Å². The topological polar surface area (TPSA) is 58.6 Å². The number of nitrogens with zero attached hydrogens (tertiary/aromatic N) is 1. The van der Waals surface area contributed by atoms with Gasteiger partial charge in [-0.3, -0.25) is 9.69 Å². The molecule has 3 aromatic carbocycles. The predicted octanol–water partition coefficient (Wildman–Crippen LogP) is 4.11. The summed E-state index contributed by atoms with van der Waals surface area (Å²) in [6.45, 7) is 1.06. The number of carbonyl (C=O) groups is 2. The summed E-state index contributed by atoms with van der Waals surface area (Å²) in [7, 11) is 0. The van der Waals surface area contributed by atoms with Crippen LogP contribution in [0.4, 0.5) is 4.79 Å². The average molecular weight is 415 g/mol. The molecule has 5 heteroatoms. The van der Waals surface area contributed by atoms with Gasteiger partial charge in [0.05, 0.1) is 6.54 Å². The van der Waals surface area contributed by atoms with Crippen molar-refractivity contribution in [1.29, 1.82) is 0 Å². The second-order valence-electron chi connectivity index (χ2n) is 7.68. The highest BCUT2D eigenvalue weighted by atomic mass is 16.6. The Kier molecular flexibility index (Phi) is 6.62. The normalized spacial score (nSPS) is 15.1. The zero-order valence-electron chi connectivity index (χ0n) is 17.4. The summed E-state index contributed by atoms with van der Waals surface area (Å²) in [5, 5.41) is 3.00. The molecule has 0 saturated heterocycles. The minimum Gasteiger partial charge on any atom is -0.445 e. The molecule has 3 aromatic rings. The third-order valence-corrected chi connectivity index (χ3v) is 5.55. The van der Waals surface area contributed by atoms with Gasteiger partial charge in [-0.15, -0.1) is 0 Å². The molecule has 0 aliphatic carbocycles. The molecule has 4 rings (SSSR count). The first-order valence-electron chi connectivity index (χ1n) is 10.6. The van der Waals surface area contributed by atoms with Crippen LogP contribution >= 0.6 is 0 Å². The third kappa shape index (κ3) is 5.31. The monoisotopic (exact) mass is 414 g/mol. The van der Waals surface area contributed by atoms with Gasteiger partial charge < -0.3 is 10.1 Å². The van der Waals surface area contributed by atoms with E-state index in [4.69, 9.17) is 4.74 Å². The molecular weight excluding hydrogens is 388 g/mol. The van der Waals surface area contributed by atoms with Crippen LogP contribution in [0.1, 0.15) is 22.3 Å². The Morgan fingerprint density at radius 3 is 2.16 bits per heavy atom. The maximum atomic E-state index is 13.0. The lowest BCUT2D eigenvalue weighted by Crippen LogP contribution is -2.52. The van der Waals surface area contributed by atoms with Crippen LogP contribution < -0.4 is 5.32 Å². The lowest BCUT2D eigenvalue weighted by molar-refractivity contribution is -0.126. The van der Waals surface area contributed by atoms with Gasteiger partial charge in [-0.2, -0.15) is 0 Å². The number of benzene rings is 3. The smallest absolute Gasteiger partial charge is 0.411 e. The summed E-state index contributed by atoms with van der Waals surface area (Å²) in [6, 6.07) is 26.9. The van der Waals surface area contributed by atoms with E-state index in [1.54, 1.807) is 4.90 Å². The van der Waals surface area contributed by atoms with Gasteiger partial charge in [0.25, 0.3) is 0 Å². The molecule has 1 aliphatic heterocycles. The summed E-state index contributed by atoms with van der Waals surface area (Å²) in [4.78, 5) is 27.5. The number of carbonyl (C=O) groups excluding carboxylic acids is 2. The number of hydrogen-bond acceptors (Lipinski definition) is 3. The van der Waals surface area contributed by atoms with Gasteiger partial charge in [0.1, 0.15) is 12.6 Å². The molecule has 5 nitrogen and oxygen atoms in total. The molecule has 0 saturated carbocycles. The third-order valence-electron chi connectivity index (χ3n) is 5.55. The minimum atomic E-state index is -0.589. The first-order valence-corrected chi connectivity index (χ1v) is 10.6. The van der Waals surface area contributed by atoms with Crippen LogP contribution in [0.3, 0.4) is 0 Å². The quantitative estimate of drug-likeness (QED) is 0.660. The molecule has 1 aliphatic rings. The molecule has 1 atom stereocenters.